The maximum atomic E-state index is 14.1. The first-order valence-electron chi connectivity index (χ1n) is 12.7. The van der Waals surface area contributed by atoms with Crippen LogP contribution < -0.4 is 10.4 Å². The molecule has 3 heterocycles. The van der Waals surface area contributed by atoms with E-state index in [1.54, 1.807) is 19.0 Å². The van der Waals surface area contributed by atoms with E-state index in [9.17, 15) is 31.9 Å². The maximum absolute atomic E-state index is 14.1. The van der Waals surface area contributed by atoms with Crippen LogP contribution in [0, 0.1) is 22.5 Å². The van der Waals surface area contributed by atoms with E-state index in [0.717, 1.165) is 10.4 Å². The fourth-order valence-corrected chi connectivity index (χ4v) is 7.10. The molecule has 1 fully saturated rings. The van der Waals surface area contributed by atoms with Crippen molar-refractivity contribution in [3.05, 3.63) is 63.1 Å². The first-order valence-corrected chi connectivity index (χ1v) is 14.9. The zero-order chi connectivity index (χ0) is 30.4. The Bertz CT molecular complexity index is 1590. The van der Waals surface area contributed by atoms with E-state index in [4.69, 9.17) is 10.8 Å². The first-order chi connectivity index (χ1) is 19.1. The molecular weight excluding hydrogens is 580 g/mol. The Morgan fingerprint density at radius 3 is 2.37 bits per heavy atom. The normalized spacial score (nSPS) is 17.3. The van der Waals surface area contributed by atoms with Crippen molar-refractivity contribution in [1.29, 1.82) is 10.8 Å². The van der Waals surface area contributed by atoms with Gasteiger partial charge < -0.3 is 10.0 Å². The van der Waals surface area contributed by atoms with E-state index in [-0.39, 0.29) is 60.8 Å². The van der Waals surface area contributed by atoms with Gasteiger partial charge in [-0.25, -0.2) is 8.78 Å². The minimum atomic E-state index is -3.68. The summed E-state index contributed by atoms with van der Waals surface area (Å²) < 4.78 is 56.4. The van der Waals surface area contributed by atoms with Gasteiger partial charge in [-0.05, 0) is 18.6 Å². The van der Waals surface area contributed by atoms with Crippen molar-refractivity contribution in [1.82, 2.24) is 18.2 Å². The summed E-state index contributed by atoms with van der Waals surface area (Å²) in [6, 6.07) is 2.94. The van der Waals surface area contributed by atoms with Crippen molar-refractivity contribution in [2.24, 2.45) is 0 Å². The van der Waals surface area contributed by atoms with Crippen LogP contribution in [0.4, 0.5) is 8.78 Å². The molecule has 2 aliphatic heterocycles. The monoisotopic (exact) mass is 611 g/mol. The number of halogens is 2. The van der Waals surface area contributed by atoms with E-state index in [2.05, 4.69) is 0 Å². The molecule has 3 N–H and O–H groups in total. The Kier molecular flexibility index (Phi) is 8.33. The molecule has 222 valence electrons. The molecule has 2 aromatic rings. The minimum Gasteiger partial charge on any atom is -0.502 e. The smallest absolute Gasteiger partial charge is 0.281 e. The highest BCUT2D eigenvalue weighted by Crippen LogP contribution is 2.38. The maximum Gasteiger partial charge on any atom is 0.281 e. The standard InChI is InChI=1S/C25H31F2N7O5S2/c1-5-33-24(37)20-22(36)21(35)17(23(29)40-19(28)12-15-6-7-16(26)13-18(15)27)14-34(20)31(4)25(33)8-10-32(11-9-25)41(38,39)30(2)3/h6-7,13-14,28-29,36H,5,8-12H2,1-4H3. The Hall–Kier alpha value is -3.34. The molecule has 0 unspecified atom stereocenters. The number of carbonyl (C=O) groups excluding carboxylic acids is 1. The number of rotatable bonds is 6. The highest BCUT2D eigenvalue weighted by Gasteiger charge is 2.52. The number of nitrogens with one attached hydrogen (secondary N) is 2. The zero-order valence-electron chi connectivity index (χ0n) is 22.9. The summed E-state index contributed by atoms with van der Waals surface area (Å²) in [6.45, 7) is 2.21. The number of piperidine rings is 1. The van der Waals surface area contributed by atoms with Crippen molar-refractivity contribution >= 4 is 38.0 Å². The van der Waals surface area contributed by atoms with Crippen LogP contribution in [0.5, 0.6) is 5.75 Å². The highest BCUT2D eigenvalue weighted by molar-refractivity contribution is 8.26. The van der Waals surface area contributed by atoms with Crippen LogP contribution in [0.2, 0.25) is 0 Å². The summed E-state index contributed by atoms with van der Waals surface area (Å²) in [7, 11) is 0.852. The Morgan fingerprint density at radius 1 is 1.17 bits per heavy atom. The van der Waals surface area contributed by atoms with Crippen molar-refractivity contribution in [3.8, 4) is 5.75 Å². The summed E-state index contributed by atoms with van der Waals surface area (Å²) in [6.07, 6.45) is 1.46. The van der Waals surface area contributed by atoms with E-state index >= 15 is 0 Å². The van der Waals surface area contributed by atoms with Gasteiger partial charge in [0.05, 0.1) is 10.6 Å². The average Bonchev–Trinajstić information content (AvgIpc) is 2.90. The fourth-order valence-electron chi connectivity index (χ4n) is 5.27. The topological polar surface area (TPSA) is 154 Å². The molecule has 12 nitrogen and oxygen atoms in total. The third-order valence-corrected chi connectivity index (χ3v) is 10.3. The number of aromatic hydroxyl groups is 1. The number of carbonyl (C=O) groups is 1. The SMILES string of the molecule is CCN1C(=O)c2c(O)c(=O)c(C(=N)SC(=N)Cc3ccc(F)cc3F)cn2N(C)C12CCN(S(=O)(=O)N(C)C)CC2. The second kappa shape index (κ2) is 11.2. The molecule has 0 bridgehead atoms. The number of fused-ring (bicyclic) bond motifs is 1. The third-order valence-electron chi connectivity index (χ3n) is 7.50. The van der Waals surface area contributed by atoms with Crippen molar-refractivity contribution in [3.63, 3.8) is 0 Å². The largest absolute Gasteiger partial charge is 0.502 e. The Balaban J connectivity index is 1.66. The molecule has 0 radical (unpaired) electrons. The number of nitrogens with zero attached hydrogens (tertiary/aromatic N) is 5. The van der Waals surface area contributed by atoms with Gasteiger partial charge in [-0.3, -0.25) is 30.1 Å². The molecule has 1 saturated heterocycles. The number of pyridine rings is 1. The lowest BCUT2D eigenvalue weighted by Gasteiger charge is -2.56. The van der Waals surface area contributed by atoms with Crippen LogP contribution in [0.15, 0.2) is 29.2 Å². The van der Waals surface area contributed by atoms with Crippen LogP contribution in [0.1, 0.15) is 41.4 Å². The Labute approximate surface area is 240 Å². The summed E-state index contributed by atoms with van der Waals surface area (Å²) in [5.41, 5.74) is -2.50. The van der Waals surface area contributed by atoms with Gasteiger partial charge in [-0.1, -0.05) is 17.8 Å². The highest BCUT2D eigenvalue weighted by atomic mass is 32.2. The second-order valence-electron chi connectivity index (χ2n) is 9.93. The summed E-state index contributed by atoms with van der Waals surface area (Å²) in [5, 5.41) is 28.6. The van der Waals surface area contributed by atoms with Crippen LogP contribution in [-0.2, 0) is 16.6 Å². The van der Waals surface area contributed by atoms with Crippen LogP contribution in [0.25, 0.3) is 0 Å². The van der Waals surface area contributed by atoms with Gasteiger partial charge in [0.25, 0.3) is 16.1 Å². The number of amides is 1. The van der Waals surface area contributed by atoms with Gasteiger partial charge in [-0.2, -0.15) is 17.0 Å². The molecule has 1 spiro atoms. The number of hydrogen-bond acceptors (Lipinski definition) is 9. The molecule has 0 saturated carbocycles. The zero-order valence-corrected chi connectivity index (χ0v) is 24.6. The summed E-state index contributed by atoms with van der Waals surface area (Å²) in [4.78, 5) is 28.2. The van der Waals surface area contributed by atoms with Crippen LogP contribution in [0.3, 0.4) is 0 Å². The van der Waals surface area contributed by atoms with E-state index in [0.29, 0.717) is 17.8 Å². The predicted octanol–water partition coefficient (Wildman–Crippen LogP) is 1.75. The molecule has 1 aromatic carbocycles. The average molecular weight is 612 g/mol. The quantitative estimate of drug-likeness (QED) is 0.332. The Morgan fingerprint density at radius 2 is 1.80 bits per heavy atom. The van der Waals surface area contributed by atoms with Gasteiger partial charge in [0, 0.05) is 72.3 Å². The van der Waals surface area contributed by atoms with Crippen molar-refractivity contribution < 1.29 is 27.1 Å². The molecule has 4 rings (SSSR count). The summed E-state index contributed by atoms with van der Waals surface area (Å²) in [5.74, 6) is -3.08. The van der Waals surface area contributed by atoms with E-state index in [1.807, 2.05) is 0 Å². The second-order valence-corrected chi connectivity index (χ2v) is 13.2. The lowest BCUT2D eigenvalue weighted by atomic mass is 9.93. The molecular formula is C25H31F2N7O5S2. The molecule has 0 aliphatic carbocycles. The molecule has 16 heteroatoms. The van der Waals surface area contributed by atoms with Gasteiger partial charge in [0.2, 0.25) is 5.43 Å². The van der Waals surface area contributed by atoms with Gasteiger partial charge in [0.1, 0.15) is 22.3 Å². The summed E-state index contributed by atoms with van der Waals surface area (Å²) >= 11 is 0.564. The van der Waals surface area contributed by atoms with Gasteiger partial charge >= 0.3 is 0 Å². The molecule has 2 aliphatic rings. The van der Waals surface area contributed by atoms with Crippen molar-refractivity contribution in [2.45, 2.75) is 31.8 Å². The number of hydrogen-bond donors (Lipinski definition) is 3. The minimum absolute atomic E-state index is 0.0382. The fraction of sp³-hybridized carbons (Fsp3) is 0.440. The number of aromatic nitrogens is 1. The molecule has 1 amide bonds. The van der Waals surface area contributed by atoms with Gasteiger partial charge in [-0.15, -0.1) is 0 Å². The lowest BCUT2D eigenvalue weighted by Crippen LogP contribution is -2.72. The van der Waals surface area contributed by atoms with Crippen LogP contribution in [-0.4, -0.2) is 94.1 Å². The predicted molar refractivity (Wildman–Crippen MR) is 152 cm³/mol. The molecule has 1 aromatic heterocycles. The third kappa shape index (κ3) is 5.24. The molecule has 41 heavy (non-hydrogen) atoms. The van der Waals surface area contributed by atoms with E-state index in [1.165, 1.54) is 40.2 Å². The molecule has 0 atom stereocenters. The number of thioether (sulfide) groups is 1. The van der Waals surface area contributed by atoms with Gasteiger partial charge in [0.15, 0.2) is 11.4 Å². The van der Waals surface area contributed by atoms with Crippen molar-refractivity contribution in [2.75, 3.05) is 45.8 Å². The van der Waals surface area contributed by atoms with E-state index < -0.39 is 49.6 Å². The first kappa shape index (κ1) is 30.6. The number of benzene rings is 1. The lowest BCUT2D eigenvalue weighted by molar-refractivity contribution is 0.00936. The van der Waals surface area contributed by atoms with Crippen LogP contribution >= 0.6 is 11.8 Å².